The van der Waals surface area contributed by atoms with Crippen LogP contribution in [0.2, 0.25) is 0 Å². The van der Waals surface area contributed by atoms with Gasteiger partial charge in [0, 0.05) is 5.41 Å². The number of hydrogen-bond donors (Lipinski definition) is 0. The summed E-state index contributed by atoms with van der Waals surface area (Å²) in [5, 5.41) is 0. The van der Waals surface area contributed by atoms with Gasteiger partial charge in [-0.3, -0.25) is 0 Å². The Hall–Kier alpha value is -3.31. The van der Waals surface area contributed by atoms with Gasteiger partial charge in [0.1, 0.15) is 5.75 Å². The molecular weight excluding hydrogens is 619 g/mol. The Labute approximate surface area is 313 Å². The van der Waals surface area contributed by atoms with Gasteiger partial charge in [0.05, 0.1) is 13.2 Å². The van der Waals surface area contributed by atoms with E-state index in [0.717, 1.165) is 41.0 Å². The lowest BCUT2D eigenvalue weighted by Gasteiger charge is -2.33. The first-order chi connectivity index (χ1) is 24.8. The fourth-order valence-corrected chi connectivity index (χ4v) is 8.49. The largest absolute Gasteiger partial charge is 0.493 e. The van der Waals surface area contributed by atoms with Gasteiger partial charge >= 0.3 is 0 Å². The highest BCUT2D eigenvalue weighted by atomic mass is 16.5. The van der Waals surface area contributed by atoms with Gasteiger partial charge in [-0.25, -0.2) is 4.85 Å². The van der Waals surface area contributed by atoms with Crippen molar-refractivity contribution in [2.75, 3.05) is 6.61 Å². The normalized spacial score (nSPS) is 13.9. The maximum absolute atomic E-state index is 8.34. The summed E-state index contributed by atoms with van der Waals surface area (Å²) in [4.78, 5) is 4.14. The van der Waals surface area contributed by atoms with Crippen LogP contribution in [0.4, 0.5) is 0 Å². The number of unbranched alkanes of at least 4 members (excludes halogenated alkanes) is 11. The predicted molar refractivity (Wildman–Crippen MR) is 223 cm³/mol. The van der Waals surface area contributed by atoms with Crippen LogP contribution >= 0.6 is 0 Å². The van der Waals surface area contributed by atoms with Gasteiger partial charge in [-0.1, -0.05) is 178 Å². The van der Waals surface area contributed by atoms with E-state index in [-0.39, 0.29) is 5.41 Å². The minimum Gasteiger partial charge on any atom is -0.493 e. The number of fused-ring (bicyclic) bond motifs is 3. The number of nitrogens with zero attached hydrogens (tertiary/aromatic N) is 1. The zero-order valence-electron chi connectivity index (χ0n) is 33.6. The van der Waals surface area contributed by atoms with Crippen molar-refractivity contribution in [3.05, 3.63) is 98.9 Å². The van der Waals surface area contributed by atoms with Gasteiger partial charge in [-0.15, -0.1) is 0 Å². The molecule has 3 aromatic rings. The second-order valence-corrected chi connectivity index (χ2v) is 15.8. The second kappa shape index (κ2) is 20.7. The van der Waals surface area contributed by atoms with Crippen LogP contribution in [0, 0.1) is 33.3 Å². The van der Waals surface area contributed by atoms with Crippen LogP contribution in [0.15, 0.2) is 48.5 Å². The van der Waals surface area contributed by atoms with Crippen LogP contribution in [0.1, 0.15) is 182 Å². The number of benzene rings is 3. The summed E-state index contributed by atoms with van der Waals surface area (Å²) in [6.45, 7) is 24.7. The maximum Gasteiger partial charge on any atom is 0.195 e. The van der Waals surface area contributed by atoms with E-state index in [9.17, 15) is 0 Å². The summed E-state index contributed by atoms with van der Waals surface area (Å²) in [5.74, 6) is 1.48. The average Bonchev–Trinajstić information content (AvgIpc) is 3.39. The summed E-state index contributed by atoms with van der Waals surface area (Å²) in [6, 6.07) is 18.6. The standard InChI is InChI=1S/C49H69NO/c1-9-13-16-18-20-22-29-49(30-23-21-19-17-14-10-2)45-31-37(5)25-27-42(45)43-28-26-41(33-46(43)49)34-47(50-8)44-35-48(39(7)32-38(44)6)51-36-40(12-4)24-15-11-3/h25-28,31-35,40H,9-24,29-30,36H2,1-7H3/b47-34-. The number of hydrogen-bond acceptors (Lipinski definition) is 1. The third kappa shape index (κ3) is 10.6. The third-order valence-electron chi connectivity index (χ3n) is 11.7. The smallest absolute Gasteiger partial charge is 0.195 e. The fraction of sp³-hybridized carbons (Fsp3) is 0.571. The maximum atomic E-state index is 8.34. The Kier molecular flexibility index (Phi) is 16.4. The molecule has 0 aromatic heterocycles. The first-order valence-electron chi connectivity index (χ1n) is 20.9. The second-order valence-electron chi connectivity index (χ2n) is 15.8. The average molecular weight is 688 g/mol. The lowest BCUT2D eigenvalue weighted by atomic mass is 9.70. The molecule has 276 valence electrons. The van der Waals surface area contributed by atoms with Crippen molar-refractivity contribution in [2.45, 2.75) is 169 Å². The molecule has 51 heavy (non-hydrogen) atoms. The molecule has 3 aromatic carbocycles. The Morgan fingerprint density at radius 2 is 1.27 bits per heavy atom. The molecule has 2 heteroatoms. The minimum atomic E-state index is 0.0305. The van der Waals surface area contributed by atoms with Crippen molar-refractivity contribution in [1.82, 2.24) is 0 Å². The lowest BCUT2D eigenvalue weighted by molar-refractivity contribution is 0.232. The molecule has 0 aliphatic heterocycles. The van der Waals surface area contributed by atoms with Crippen LogP contribution in [0.3, 0.4) is 0 Å². The van der Waals surface area contributed by atoms with E-state index in [1.807, 2.05) is 0 Å². The highest BCUT2D eigenvalue weighted by Crippen LogP contribution is 2.55. The molecule has 0 heterocycles. The van der Waals surface area contributed by atoms with Crippen molar-refractivity contribution < 1.29 is 4.74 Å². The Balaban J connectivity index is 1.71. The minimum absolute atomic E-state index is 0.0305. The van der Waals surface area contributed by atoms with Crippen LogP contribution in [0.25, 0.3) is 27.7 Å². The lowest BCUT2D eigenvalue weighted by Crippen LogP contribution is -2.25. The molecule has 1 atom stereocenters. The first kappa shape index (κ1) is 40.5. The topological polar surface area (TPSA) is 13.6 Å². The Morgan fingerprint density at radius 3 is 1.88 bits per heavy atom. The zero-order valence-corrected chi connectivity index (χ0v) is 33.6. The molecule has 1 aliphatic rings. The van der Waals surface area contributed by atoms with Crippen molar-refractivity contribution >= 4 is 11.8 Å². The quantitative estimate of drug-likeness (QED) is 0.0550. The summed E-state index contributed by atoms with van der Waals surface area (Å²) < 4.78 is 6.47. The number of aryl methyl sites for hydroxylation is 3. The van der Waals surface area contributed by atoms with E-state index in [0.29, 0.717) is 11.6 Å². The number of rotatable bonds is 23. The van der Waals surface area contributed by atoms with Gasteiger partial charge in [0.25, 0.3) is 0 Å². The molecule has 0 saturated carbocycles. The molecule has 0 bridgehead atoms. The number of ether oxygens (including phenoxy) is 1. The van der Waals surface area contributed by atoms with Crippen molar-refractivity contribution in [2.24, 2.45) is 5.92 Å². The fourth-order valence-electron chi connectivity index (χ4n) is 8.49. The SMILES string of the molecule is [C-]#[N+]/C(=C\c1ccc2c(c1)C(CCCCCCCC)(CCCCCCCC)c1cc(C)ccc1-2)c1cc(OCC(CC)CCCC)c(C)cc1C. The van der Waals surface area contributed by atoms with Crippen LogP contribution in [-0.4, -0.2) is 6.61 Å². The summed E-state index contributed by atoms with van der Waals surface area (Å²) in [6.07, 6.45) is 25.2. The Morgan fingerprint density at radius 1 is 0.686 bits per heavy atom. The van der Waals surface area contributed by atoms with Crippen LogP contribution in [0.5, 0.6) is 5.75 Å². The zero-order chi connectivity index (χ0) is 36.6. The van der Waals surface area contributed by atoms with E-state index in [4.69, 9.17) is 11.3 Å². The highest BCUT2D eigenvalue weighted by molar-refractivity contribution is 5.89. The molecular formula is C49H69NO. The molecule has 0 fully saturated rings. The van der Waals surface area contributed by atoms with E-state index in [2.05, 4.69) is 108 Å². The Bertz CT molecular complexity index is 1590. The molecule has 0 saturated heterocycles. The van der Waals surface area contributed by atoms with Crippen molar-refractivity contribution in [3.8, 4) is 16.9 Å². The van der Waals surface area contributed by atoms with Crippen molar-refractivity contribution in [1.29, 1.82) is 0 Å². The molecule has 1 aliphatic carbocycles. The van der Waals surface area contributed by atoms with Crippen molar-refractivity contribution in [3.63, 3.8) is 0 Å². The van der Waals surface area contributed by atoms with E-state index >= 15 is 0 Å². The summed E-state index contributed by atoms with van der Waals surface area (Å²) in [7, 11) is 0. The predicted octanol–water partition coefficient (Wildman–Crippen LogP) is 15.4. The molecule has 0 N–H and O–H groups in total. The first-order valence-corrected chi connectivity index (χ1v) is 20.9. The van der Waals surface area contributed by atoms with Crippen LogP contribution in [-0.2, 0) is 5.41 Å². The van der Waals surface area contributed by atoms with E-state index in [1.54, 1.807) is 5.56 Å². The monoisotopic (exact) mass is 688 g/mol. The van der Waals surface area contributed by atoms with E-state index < -0.39 is 0 Å². The molecule has 0 amide bonds. The molecule has 0 spiro atoms. The van der Waals surface area contributed by atoms with Gasteiger partial charge < -0.3 is 4.74 Å². The van der Waals surface area contributed by atoms with Crippen LogP contribution < -0.4 is 4.74 Å². The third-order valence-corrected chi connectivity index (χ3v) is 11.7. The highest BCUT2D eigenvalue weighted by Gasteiger charge is 2.42. The van der Waals surface area contributed by atoms with E-state index in [1.165, 1.54) is 131 Å². The molecule has 0 radical (unpaired) electrons. The molecule has 4 rings (SSSR count). The van der Waals surface area contributed by atoms with Gasteiger partial charge in [0.2, 0.25) is 0 Å². The molecule has 1 unspecified atom stereocenters. The summed E-state index contributed by atoms with van der Waals surface area (Å²) >= 11 is 0. The van der Waals surface area contributed by atoms with Gasteiger partial charge in [-0.05, 0) is 97.0 Å². The van der Waals surface area contributed by atoms with Gasteiger partial charge in [-0.2, -0.15) is 0 Å². The molecule has 2 nitrogen and oxygen atoms in total. The summed E-state index contributed by atoms with van der Waals surface area (Å²) in [5.41, 5.74) is 12.3. The van der Waals surface area contributed by atoms with Gasteiger partial charge in [0.15, 0.2) is 5.70 Å².